The molecular weight excluding hydrogens is 314 g/mol. The van der Waals surface area contributed by atoms with Crippen LogP contribution in [-0.4, -0.2) is 30.7 Å². The van der Waals surface area contributed by atoms with E-state index in [1.807, 2.05) is 42.6 Å². The summed E-state index contributed by atoms with van der Waals surface area (Å²) in [4.78, 5) is 7.83. The smallest absolute Gasteiger partial charge is 0.165 e. The second-order valence-electron chi connectivity index (χ2n) is 5.69. The SMILES string of the molecule is COc1cccc(CNCCc2ncc(-c3ccccc3)[nH]2)c1OC. The van der Waals surface area contributed by atoms with Gasteiger partial charge in [-0.25, -0.2) is 4.98 Å². The van der Waals surface area contributed by atoms with Crippen LogP contribution >= 0.6 is 0 Å². The molecule has 0 fully saturated rings. The van der Waals surface area contributed by atoms with Crippen molar-refractivity contribution in [3.63, 3.8) is 0 Å². The minimum atomic E-state index is 0.715. The zero-order chi connectivity index (χ0) is 17.5. The molecule has 0 saturated heterocycles. The summed E-state index contributed by atoms with van der Waals surface area (Å²) < 4.78 is 10.8. The number of nitrogens with zero attached hydrogens (tertiary/aromatic N) is 1. The molecule has 25 heavy (non-hydrogen) atoms. The average molecular weight is 337 g/mol. The van der Waals surface area contributed by atoms with E-state index in [-0.39, 0.29) is 0 Å². The number of hydrogen-bond acceptors (Lipinski definition) is 4. The summed E-state index contributed by atoms with van der Waals surface area (Å²) in [6.07, 6.45) is 2.72. The number of ether oxygens (including phenoxy) is 2. The van der Waals surface area contributed by atoms with Crippen LogP contribution in [0, 0.1) is 0 Å². The van der Waals surface area contributed by atoms with Gasteiger partial charge < -0.3 is 19.8 Å². The lowest BCUT2D eigenvalue weighted by Gasteiger charge is -2.12. The monoisotopic (exact) mass is 337 g/mol. The highest BCUT2D eigenvalue weighted by Crippen LogP contribution is 2.30. The van der Waals surface area contributed by atoms with E-state index in [4.69, 9.17) is 9.47 Å². The summed E-state index contributed by atoms with van der Waals surface area (Å²) in [7, 11) is 3.31. The molecule has 0 radical (unpaired) electrons. The summed E-state index contributed by atoms with van der Waals surface area (Å²) in [6, 6.07) is 16.1. The lowest BCUT2D eigenvalue weighted by molar-refractivity contribution is 0.350. The first-order valence-corrected chi connectivity index (χ1v) is 8.31. The molecule has 0 saturated carbocycles. The standard InChI is InChI=1S/C20H23N3O2/c1-24-18-10-6-9-16(20(18)25-2)13-21-12-11-19-22-14-17(23-19)15-7-4-3-5-8-15/h3-10,14,21H,11-13H2,1-2H3,(H,22,23). The Bertz CT molecular complexity index is 800. The van der Waals surface area contributed by atoms with E-state index < -0.39 is 0 Å². The number of methoxy groups -OCH3 is 2. The number of aromatic nitrogens is 2. The fourth-order valence-corrected chi connectivity index (χ4v) is 2.78. The molecule has 3 rings (SSSR count). The molecule has 1 aromatic heterocycles. The molecule has 0 aliphatic carbocycles. The average Bonchev–Trinajstić information content (AvgIpc) is 3.14. The molecular formula is C20H23N3O2. The Morgan fingerprint density at radius 3 is 2.60 bits per heavy atom. The number of imidazole rings is 1. The van der Waals surface area contributed by atoms with Crippen molar-refractivity contribution in [1.29, 1.82) is 0 Å². The zero-order valence-electron chi connectivity index (χ0n) is 14.6. The highest BCUT2D eigenvalue weighted by atomic mass is 16.5. The van der Waals surface area contributed by atoms with Crippen LogP contribution in [0.3, 0.4) is 0 Å². The molecule has 0 aliphatic heterocycles. The Kier molecular flexibility index (Phi) is 5.69. The van der Waals surface area contributed by atoms with Gasteiger partial charge >= 0.3 is 0 Å². The predicted octanol–water partition coefficient (Wildman–Crippen LogP) is 3.43. The molecule has 3 aromatic rings. The minimum Gasteiger partial charge on any atom is -0.493 e. The van der Waals surface area contributed by atoms with E-state index in [2.05, 4.69) is 27.4 Å². The van der Waals surface area contributed by atoms with Crippen LogP contribution in [0.5, 0.6) is 11.5 Å². The van der Waals surface area contributed by atoms with Gasteiger partial charge in [-0.3, -0.25) is 0 Å². The first kappa shape index (κ1) is 17.0. The number of rotatable bonds is 8. The second kappa shape index (κ2) is 8.35. The Balaban J connectivity index is 1.54. The van der Waals surface area contributed by atoms with E-state index in [1.165, 1.54) is 0 Å². The van der Waals surface area contributed by atoms with Crippen molar-refractivity contribution in [2.45, 2.75) is 13.0 Å². The van der Waals surface area contributed by atoms with Crippen LogP contribution < -0.4 is 14.8 Å². The molecule has 2 aromatic carbocycles. The molecule has 130 valence electrons. The van der Waals surface area contributed by atoms with E-state index in [9.17, 15) is 0 Å². The quantitative estimate of drug-likeness (QED) is 0.618. The molecule has 0 atom stereocenters. The van der Waals surface area contributed by atoms with Crippen molar-refractivity contribution in [2.75, 3.05) is 20.8 Å². The minimum absolute atomic E-state index is 0.715. The Morgan fingerprint density at radius 1 is 1.00 bits per heavy atom. The van der Waals surface area contributed by atoms with E-state index >= 15 is 0 Å². The van der Waals surface area contributed by atoms with Gasteiger partial charge in [0.1, 0.15) is 5.82 Å². The molecule has 0 aliphatic rings. The maximum atomic E-state index is 5.45. The lowest BCUT2D eigenvalue weighted by atomic mass is 10.2. The van der Waals surface area contributed by atoms with Crippen molar-refractivity contribution in [2.24, 2.45) is 0 Å². The fraction of sp³-hybridized carbons (Fsp3) is 0.250. The number of nitrogens with one attached hydrogen (secondary N) is 2. The van der Waals surface area contributed by atoms with Crippen molar-refractivity contribution >= 4 is 0 Å². The van der Waals surface area contributed by atoms with Gasteiger partial charge in [0, 0.05) is 25.1 Å². The number of benzene rings is 2. The highest BCUT2D eigenvalue weighted by Gasteiger charge is 2.09. The Hall–Kier alpha value is -2.79. The third-order valence-corrected chi connectivity index (χ3v) is 4.05. The maximum absolute atomic E-state index is 5.45. The summed E-state index contributed by atoms with van der Waals surface area (Å²) >= 11 is 0. The van der Waals surface area contributed by atoms with Gasteiger partial charge in [-0.05, 0) is 11.6 Å². The van der Waals surface area contributed by atoms with Crippen molar-refractivity contribution in [3.8, 4) is 22.8 Å². The van der Waals surface area contributed by atoms with Crippen LogP contribution in [0.2, 0.25) is 0 Å². The molecule has 5 nitrogen and oxygen atoms in total. The molecule has 0 unspecified atom stereocenters. The molecule has 0 bridgehead atoms. The lowest BCUT2D eigenvalue weighted by Crippen LogP contribution is -2.17. The Morgan fingerprint density at radius 2 is 1.84 bits per heavy atom. The maximum Gasteiger partial charge on any atom is 0.165 e. The molecule has 5 heteroatoms. The van der Waals surface area contributed by atoms with Crippen molar-refractivity contribution in [3.05, 3.63) is 66.1 Å². The highest BCUT2D eigenvalue weighted by molar-refractivity contribution is 5.58. The van der Waals surface area contributed by atoms with Gasteiger partial charge in [0.05, 0.1) is 26.1 Å². The van der Waals surface area contributed by atoms with Crippen LogP contribution in [-0.2, 0) is 13.0 Å². The van der Waals surface area contributed by atoms with E-state index in [1.54, 1.807) is 14.2 Å². The molecule has 1 heterocycles. The van der Waals surface area contributed by atoms with Gasteiger partial charge in [0.15, 0.2) is 11.5 Å². The van der Waals surface area contributed by atoms with Gasteiger partial charge in [0.2, 0.25) is 0 Å². The van der Waals surface area contributed by atoms with Crippen LogP contribution in [0.1, 0.15) is 11.4 Å². The summed E-state index contributed by atoms with van der Waals surface area (Å²) in [5.74, 6) is 2.51. The predicted molar refractivity (Wildman–Crippen MR) is 99.0 cm³/mol. The number of para-hydroxylation sites is 1. The molecule has 0 amide bonds. The normalized spacial score (nSPS) is 10.6. The van der Waals surface area contributed by atoms with Crippen molar-refractivity contribution < 1.29 is 9.47 Å². The third-order valence-electron chi connectivity index (χ3n) is 4.05. The van der Waals surface area contributed by atoms with Crippen LogP contribution in [0.25, 0.3) is 11.3 Å². The number of aromatic amines is 1. The fourth-order valence-electron chi connectivity index (χ4n) is 2.78. The largest absolute Gasteiger partial charge is 0.493 e. The second-order valence-corrected chi connectivity index (χ2v) is 5.69. The number of H-pyrrole nitrogens is 1. The number of hydrogen-bond donors (Lipinski definition) is 2. The van der Waals surface area contributed by atoms with Crippen LogP contribution in [0.4, 0.5) is 0 Å². The van der Waals surface area contributed by atoms with E-state index in [0.29, 0.717) is 6.54 Å². The topological polar surface area (TPSA) is 59.2 Å². The zero-order valence-corrected chi connectivity index (χ0v) is 14.6. The summed E-state index contributed by atoms with van der Waals surface area (Å²) in [6.45, 7) is 1.54. The van der Waals surface area contributed by atoms with Gasteiger partial charge in [0.25, 0.3) is 0 Å². The summed E-state index contributed by atoms with van der Waals surface area (Å²) in [5.41, 5.74) is 3.27. The van der Waals surface area contributed by atoms with Gasteiger partial charge in [-0.15, -0.1) is 0 Å². The first-order valence-electron chi connectivity index (χ1n) is 8.31. The van der Waals surface area contributed by atoms with Gasteiger partial charge in [-0.2, -0.15) is 0 Å². The van der Waals surface area contributed by atoms with E-state index in [0.717, 1.165) is 47.1 Å². The molecule has 2 N–H and O–H groups in total. The third kappa shape index (κ3) is 4.19. The van der Waals surface area contributed by atoms with Gasteiger partial charge in [-0.1, -0.05) is 42.5 Å². The Labute approximate surface area is 148 Å². The summed E-state index contributed by atoms with van der Waals surface area (Å²) in [5, 5.41) is 3.43. The van der Waals surface area contributed by atoms with Crippen LogP contribution in [0.15, 0.2) is 54.7 Å². The molecule has 0 spiro atoms. The van der Waals surface area contributed by atoms with Crippen molar-refractivity contribution in [1.82, 2.24) is 15.3 Å². The first-order chi connectivity index (χ1) is 12.3.